The third-order valence-corrected chi connectivity index (χ3v) is 9.28. The molecule has 4 bridgehead atoms. The van der Waals surface area contributed by atoms with Crippen molar-refractivity contribution in [2.75, 3.05) is 6.54 Å². The van der Waals surface area contributed by atoms with E-state index in [0.29, 0.717) is 11.9 Å². The number of carbonyl (C=O) groups is 1. The summed E-state index contributed by atoms with van der Waals surface area (Å²) in [5, 5.41) is 1.45. The fourth-order valence-corrected chi connectivity index (χ4v) is 8.64. The van der Waals surface area contributed by atoms with Crippen LogP contribution in [0.4, 0.5) is 0 Å². The second-order valence-electron chi connectivity index (χ2n) is 11.1. The predicted molar refractivity (Wildman–Crippen MR) is 115 cm³/mol. The van der Waals surface area contributed by atoms with Crippen molar-refractivity contribution in [3.63, 3.8) is 0 Å². The normalized spacial score (nSPS) is 37.2. The van der Waals surface area contributed by atoms with Crippen LogP contribution < -0.4 is 0 Å². The summed E-state index contributed by atoms with van der Waals surface area (Å²) in [5.41, 5.74) is 5.77. The molecule has 29 heavy (non-hydrogen) atoms. The molecule has 1 aliphatic heterocycles. The van der Waals surface area contributed by atoms with Gasteiger partial charge in [-0.15, -0.1) is 0 Å². The molecule has 152 valence electrons. The van der Waals surface area contributed by atoms with Gasteiger partial charge in [0.15, 0.2) is 0 Å². The van der Waals surface area contributed by atoms with Crippen LogP contribution in [0.3, 0.4) is 0 Å². The third-order valence-electron chi connectivity index (χ3n) is 9.28. The number of amides is 1. The van der Waals surface area contributed by atoms with Crippen molar-refractivity contribution in [1.29, 1.82) is 0 Å². The monoisotopic (exact) mass is 388 g/mol. The SMILES string of the molecule is Cc1ccc2c(c1)c1c3n2CCN(C(=O)C24CC5CC(CC(C5)C2)C4)[C@@H]3CCC1. The molecule has 0 spiro atoms. The fourth-order valence-electron chi connectivity index (χ4n) is 8.64. The highest BCUT2D eigenvalue weighted by Gasteiger charge is 2.56. The molecule has 3 heteroatoms. The Morgan fingerprint density at radius 1 is 1.03 bits per heavy atom. The Morgan fingerprint density at radius 2 is 1.76 bits per heavy atom. The zero-order valence-electron chi connectivity index (χ0n) is 17.6. The average Bonchev–Trinajstić information content (AvgIpc) is 3.02. The molecule has 0 saturated heterocycles. The minimum atomic E-state index is -0.00284. The summed E-state index contributed by atoms with van der Waals surface area (Å²) in [7, 11) is 0. The first-order valence-electron chi connectivity index (χ1n) is 12.0. The number of aryl methyl sites for hydroxylation is 2. The van der Waals surface area contributed by atoms with E-state index in [2.05, 4.69) is 34.6 Å². The summed E-state index contributed by atoms with van der Waals surface area (Å²) in [4.78, 5) is 16.5. The van der Waals surface area contributed by atoms with Crippen LogP contribution in [0.2, 0.25) is 0 Å². The number of benzene rings is 1. The van der Waals surface area contributed by atoms with Gasteiger partial charge in [-0.2, -0.15) is 0 Å². The van der Waals surface area contributed by atoms with Gasteiger partial charge in [0.1, 0.15) is 0 Å². The van der Waals surface area contributed by atoms with Crippen molar-refractivity contribution in [3.05, 3.63) is 35.0 Å². The molecular formula is C26H32N2O. The van der Waals surface area contributed by atoms with E-state index in [4.69, 9.17) is 0 Å². The maximum absolute atomic E-state index is 14.2. The lowest BCUT2D eigenvalue weighted by atomic mass is 9.49. The molecule has 5 aliphatic carbocycles. The summed E-state index contributed by atoms with van der Waals surface area (Å²) >= 11 is 0. The maximum Gasteiger partial charge on any atom is 0.229 e. The van der Waals surface area contributed by atoms with Gasteiger partial charge in [0.2, 0.25) is 5.91 Å². The number of nitrogens with zero attached hydrogens (tertiary/aromatic N) is 2. The van der Waals surface area contributed by atoms with Crippen molar-refractivity contribution in [2.45, 2.75) is 77.3 Å². The fraction of sp³-hybridized carbons (Fsp3) is 0.654. The second kappa shape index (κ2) is 5.68. The van der Waals surface area contributed by atoms with Crippen molar-refractivity contribution >= 4 is 16.8 Å². The Labute approximate surface area is 173 Å². The molecule has 0 unspecified atom stereocenters. The summed E-state index contributed by atoms with van der Waals surface area (Å²) in [6.07, 6.45) is 11.4. The smallest absolute Gasteiger partial charge is 0.229 e. The van der Waals surface area contributed by atoms with E-state index in [9.17, 15) is 4.79 Å². The number of hydrogen-bond donors (Lipinski definition) is 0. The number of aromatic nitrogens is 1. The van der Waals surface area contributed by atoms with E-state index in [0.717, 1.165) is 37.3 Å². The van der Waals surface area contributed by atoms with Crippen LogP contribution >= 0.6 is 0 Å². The zero-order valence-corrected chi connectivity index (χ0v) is 17.6. The molecule has 0 radical (unpaired) electrons. The number of fused-ring (bicyclic) bond motifs is 3. The third kappa shape index (κ3) is 2.22. The Balaban J connectivity index is 1.30. The Morgan fingerprint density at radius 3 is 2.48 bits per heavy atom. The van der Waals surface area contributed by atoms with E-state index in [1.54, 1.807) is 5.56 Å². The molecule has 0 N–H and O–H groups in total. The first-order valence-corrected chi connectivity index (χ1v) is 12.0. The van der Waals surface area contributed by atoms with Crippen molar-refractivity contribution in [2.24, 2.45) is 23.2 Å². The van der Waals surface area contributed by atoms with E-state index < -0.39 is 0 Å². The maximum atomic E-state index is 14.2. The molecule has 4 saturated carbocycles. The van der Waals surface area contributed by atoms with Crippen LogP contribution in [0.5, 0.6) is 0 Å². The van der Waals surface area contributed by atoms with E-state index in [1.165, 1.54) is 73.5 Å². The molecule has 8 rings (SSSR count). The number of hydrogen-bond acceptors (Lipinski definition) is 1. The number of carbonyl (C=O) groups excluding carboxylic acids is 1. The lowest BCUT2D eigenvalue weighted by Crippen LogP contribution is -2.56. The second-order valence-corrected chi connectivity index (χ2v) is 11.1. The Bertz CT molecular complexity index is 996. The lowest BCUT2D eigenvalue weighted by Gasteiger charge is -2.57. The quantitative estimate of drug-likeness (QED) is 0.643. The largest absolute Gasteiger partial charge is 0.341 e. The molecule has 3 nitrogen and oxygen atoms in total. The molecular weight excluding hydrogens is 356 g/mol. The molecule has 2 aromatic rings. The topological polar surface area (TPSA) is 25.2 Å². The summed E-state index contributed by atoms with van der Waals surface area (Å²) in [6, 6.07) is 7.26. The first-order chi connectivity index (χ1) is 14.1. The van der Waals surface area contributed by atoms with Crippen LogP contribution in [0.15, 0.2) is 18.2 Å². The lowest BCUT2D eigenvalue weighted by molar-refractivity contribution is -0.161. The van der Waals surface area contributed by atoms with Gasteiger partial charge < -0.3 is 9.47 Å². The predicted octanol–water partition coefficient (Wildman–Crippen LogP) is 5.39. The van der Waals surface area contributed by atoms with Crippen LogP contribution in [0.25, 0.3) is 10.9 Å². The van der Waals surface area contributed by atoms with Crippen LogP contribution in [0.1, 0.15) is 74.2 Å². The Hall–Kier alpha value is -1.77. The van der Waals surface area contributed by atoms with E-state index in [-0.39, 0.29) is 5.41 Å². The van der Waals surface area contributed by atoms with Gasteiger partial charge in [0.05, 0.1) is 11.5 Å². The highest BCUT2D eigenvalue weighted by atomic mass is 16.2. The van der Waals surface area contributed by atoms with Crippen molar-refractivity contribution < 1.29 is 4.79 Å². The van der Waals surface area contributed by atoms with Gasteiger partial charge in [-0.3, -0.25) is 4.79 Å². The van der Waals surface area contributed by atoms with Gasteiger partial charge in [-0.25, -0.2) is 0 Å². The van der Waals surface area contributed by atoms with Crippen molar-refractivity contribution in [3.8, 4) is 0 Å². The standard InChI is InChI=1S/C26H32N2O/c1-16-5-6-22-21(9-16)20-3-2-4-23-24(20)27(22)7-8-28(23)25(29)26-13-17-10-18(14-26)12-19(11-17)15-26/h5-6,9,17-19,23H,2-4,7-8,10-15H2,1H3/t17?,18?,19?,23-,26?/m1/s1. The molecule has 1 aromatic heterocycles. The number of rotatable bonds is 1. The van der Waals surface area contributed by atoms with Crippen molar-refractivity contribution in [1.82, 2.24) is 9.47 Å². The minimum absolute atomic E-state index is 0.00284. The highest BCUT2D eigenvalue weighted by molar-refractivity contribution is 5.88. The van der Waals surface area contributed by atoms with Gasteiger partial charge in [0.25, 0.3) is 0 Å². The zero-order chi connectivity index (χ0) is 19.3. The molecule has 2 heterocycles. The molecule has 4 fully saturated rings. The average molecular weight is 389 g/mol. The van der Waals surface area contributed by atoms with Gasteiger partial charge in [0, 0.05) is 29.7 Å². The van der Waals surface area contributed by atoms with Gasteiger partial charge in [-0.1, -0.05) is 11.6 Å². The summed E-state index contributed by atoms with van der Waals surface area (Å²) < 4.78 is 2.57. The van der Waals surface area contributed by atoms with Crippen LogP contribution in [-0.2, 0) is 17.8 Å². The first kappa shape index (κ1) is 17.0. The van der Waals surface area contributed by atoms with Gasteiger partial charge >= 0.3 is 0 Å². The molecule has 6 aliphatic rings. The van der Waals surface area contributed by atoms with E-state index in [1.807, 2.05) is 0 Å². The molecule has 1 aromatic carbocycles. The summed E-state index contributed by atoms with van der Waals surface area (Å²) in [6.45, 7) is 4.09. The minimum Gasteiger partial charge on any atom is -0.341 e. The molecule has 1 amide bonds. The van der Waals surface area contributed by atoms with E-state index >= 15 is 0 Å². The Kier molecular flexibility index (Phi) is 3.32. The molecule has 1 atom stereocenters. The summed E-state index contributed by atoms with van der Waals surface area (Å²) in [5.74, 6) is 3.06. The van der Waals surface area contributed by atoms with Crippen LogP contribution in [-0.4, -0.2) is 21.9 Å². The van der Waals surface area contributed by atoms with Crippen LogP contribution in [0, 0.1) is 30.1 Å². The van der Waals surface area contributed by atoms with Gasteiger partial charge in [-0.05, 0) is 100 Å². The highest BCUT2D eigenvalue weighted by Crippen LogP contribution is 2.61.